The molecule has 1 amide bonds. The molecule has 0 fully saturated rings. The minimum atomic E-state index is -0.645. The largest absolute Gasteiger partial charge is 0.495 e. The van der Waals surface area contributed by atoms with Crippen LogP contribution in [0.4, 0.5) is 11.6 Å². The van der Waals surface area contributed by atoms with E-state index < -0.39 is 6.04 Å². The predicted molar refractivity (Wildman–Crippen MR) is 183 cm³/mol. The van der Waals surface area contributed by atoms with E-state index in [-0.39, 0.29) is 5.91 Å². The SMILES string of the molecule is COc1ccccc1NC(=O)C1=C(C)Nc2nc(SCc3ccccc3Cl)nn2C1c1cc(Br)c(OCCC(C)C)c(OC)c1. The van der Waals surface area contributed by atoms with Gasteiger partial charge in [-0.05, 0) is 76.7 Å². The lowest BCUT2D eigenvalue weighted by molar-refractivity contribution is -0.113. The molecule has 1 aliphatic heterocycles. The van der Waals surface area contributed by atoms with Crippen LogP contribution < -0.4 is 24.8 Å². The molecule has 1 unspecified atom stereocenters. The molecule has 0 bridgehead atoms. The van der Waals surface area contributed by atoms with Gasteiger partial charge in [-0.1, -0.05) is 67.5 Å². The zero-order valence-corrected chi connectivity index (χ0v) is 28.8. The molecule has 12 heteroatoms. The van der Waals surface area contributed by atoms with Crippen LogP contribution in [0.1, 0.15) is 44.4 Å². The molecule has 3 aromatic carbocycles. The summed E-state index contributed by atoms with van der Waals surface area (Å²) in [6, 6.07) is 18.2. The average Bonchev–Trinajstić information content (AvgIpc) is 3.42. The lowest BCUT2D eigenvalue weighted by atomic mass is 9.94. The van der Waals surface area contributed by atoms with Gasteiger partial charge in [0, 0.05) is 16.5 Å². The molecule has 45 heavy (non-hydrogen) atoms. The molecule has 2 heterocycles. The van der Waals surface area contributed by atoms with Crippen molar-refractivity contribution in [2.24, 2.45) is 5.92 Å². The second-order valence-electron chi connectivity index (χ2n) is 10.8. The van der Waals surface area contributed by atoms with Crippen LogP contribution in [0.3, 0.4) is 0 Å². The number of allylic oxidation sites excluding steroid dienone is 1. The highest BCUT2D eigenvalue weighted by Crippen LogP contribution is 2.44. The summed E-state index contributed by atoms with van der Waals surface area (Å²) in [7, 11) is 3.17. The fourth-order valence-electron chi connectivity index (χ4n) is 4.92. The molecular formula is C33H35BrClN5O4S. The molecule has 1 atom stereocenters. The monoisotopic (exact) mass is 711 g/mol. The van der Waals surface area contributed by atoms with E-state index in [1.807, 2.05) is 55.5 Å². The van der Waals surface area contributed by atoms with Crippen LogP contribution in [0.2, 0.25) is 5.02 Å². The number of benzene rings is 3. The number of nitrogens with one attached hydrogen (secondary N) is 2. The van der Waals surface area contributed by atoms with Crippen LogP contribution in [0.15, 0.2) is 81.6 Å². The van der Waals surface area contributed by atoms with Crippen molar-refractivity contribution >= 4 is 56.8 Å². The van der Waals surface area contributed by atoms with E-state index in [2.05, 4.69) is 40.4 Å². The summed E-state index contributed by atoms with van der Waals surface area (Å²) in [6.45, 7) is 6.70. The molecule has 9 nitrogen and oxygen atoms in total. The fourth-order valence-corrected chi connectivity index (χ4v) is 6.61. The van der Waals surface area contributed by atoms with Gasteiger partial charge in [0.25, 0.3) is 5.91 Å². The van der Waals surface area contributed by atoms with Crippen LogP contribution in [0, 0.1) is 5.92 Å². The zero-order valence-electron chi connectivity index (χ0n) is 25.7. The number of amides is 1. The Kier molecular flexibility index (Phi) is 10.6. The number of hydrogen-bond acceptors (Lipinski definition) is 8. The first-order chi connectivity index (χ1) is 21.7. The first kappa shape index (κ1) is 32.7. The normalized spacial score (nSPS) is 14.2. The lowest BCUT2D eigenvalue weighted by Gasteiger charge is -2.29. The highest BCUT2D eigenvalue weighted by molar-refractivity contribution is 9.10. The first-order valence-corrected chi connectivity index (χ1v) is 16.6. The first-order valence-electron chi connectivity index (χ1n) is 14.4. The number of fused-ring (bicyclic) bond motifs is 1. The number of aromatic nitrogens is 3. The van der Waals surface area contributed by atoms with Gasteiger partial charge in [0.05, 0.1) is 36.6 Å². The van der Waals surface area contributed by atoms with Crippen LogP contribution >= 0.6 is 39.3 Å². The van der Waals surface area contributed by atoms with Crippen molar-refractivity contribution in [2.45, 2.75) is 44.1 Å². The molecule has 2 N–H and O–H groups in total. The maximum atomic E-state index is 14.1. The Hall–Kier alpha value is -3.67. The van der Waals surface area contributed by atoms with Crippen molar-refractivity contribution < 1.29 is 19.0 Å². The highest BCUT2D eigenvalue weighted by Gasteiger charge is 2.36. The van der Waals surface area contributed by atoms with Crippen LogP contribution in [0.5, 0.6) is 17.2 Å². The van der Waals surface area contributed by atoms with Gasteiger partial charge in [-0.15, -0.1) is 5.10 Å². The van der Waals surface area contributed by atoms with Gasteiger partial charge in [0.15, 0.2) is 11.5 Å². The summed E-state index contributed by atoms with van der Waals surface area (Å²) in [5.41, 5.74) is 3.40. The number of hydrogen-bond donors (Lipinski definition) is 2. The van der Waals surface area contributed by atoms with E-state index in [9.17, 15) is 4.79 Å². The number of rotatable bonds is 12. The number of carbonyl (C=O) groups excluding carboxylic acids is 1. The smallest absolute Gasteiger partial charge is 0.255 e. The number of carbonyl (C=O) groups is 1. The molecule has 1 aliphatic rings. The molecule has 0 radical (unpaired) electrons. The summed E-state index contributed by atoms with van der Waals surface area (Å²) < 4.78 is 19.8. The summed E-state index contributed by atoms with van der Waals surface area (Å²) in [6.07, 6.45) is 0.901. The Morgan fingerprint density at radius 2 is 1.84 bits per heavy atom. The highest BCUT2D eigenvalue weighted by atomic mass is 79.9. The third-order valence-electron chi connectivity index (χ3n) is 7.26. The molecule has 1 aromatic heterocycles. The zero-order chi connectivity index (χ0) is 32.1. The number of nitrogens with zero attached hydrogens (tertiary/aromatic N) is 3. The van der Waals surface area contributed by atoms with Crippen molar-refractivity contribution in [2.75, 3.05) is 31.5 Å². The van der Waals surface area contributed by atoms with Crippen molar-refractivity contribution in [1.82, 2.24) is 14.8 Å². The second kappa shape index (κ2) is 14.6. The predicted octanol–water partition coefficient (Wildman–Crippen LogP) is 8.36. The van der Waals surface area contributed by atoms with Gasteiger partial charge in [0.1, 0.15) is 11.8 Å². The Labute approximate surface area is 280 Å². The number of methoxy groups -OCH3 is 2. The Morgan fingerprint density at radius 1 is 1.11 bits per heavy atom. The van der Waals surface area contributed by atoms with E-state index >= 15 is 0 Å². The van der Waals surface area contributed by atoms with E-state index in [0.717, 1.165) is 17.5 Å². The minimum Gasteiger partial charge on any atom is -0.495 e. The number of anilines is 2. The third-order valence-corrected chi connectivity index (χ3v) is 9.10. The topological polar surface area (TPSA) is 99.5 Å². The number of halogens is 2. The minimum absolute atomic E-state index is 0.312. The molecule has 4 aromatic rings. The summed E-state index contributed by atoms with van der Waals surface area (Å²) in [5.74, 6) is 2.98. The summed E-state index contributed by atoms with van der Waals surface area (Å²) >= 11 is 11.6. The van der Waals surface area contributed by atoms with Gasteiger partial charge >= 0.3 is 0 Å². The van der Waals surface area contributed by atoms with Crippen LogP contribution in [-0.2, 0) is 10.5 Å². The number of ether oxygens (including phenoxy) is 3. The van der Waals surface area contributed by atoms with Gasteiger partial charge in [0.2, 0.25) is 11.1 Å². The standard InChI is InChI=1S/C33H35BrClN5O4S/c1-19(2)14-15-44-30-23(34)16-22(17-27(30)43-5)29-28(31(41)37-25-12-8-9-13-26(25)42-4)20(3)36-32-38-33(39-40(29)32)45-18-21-10-6-7-11-24(21)35/h6-13,16-17,19,29H,14-15,18H2,1-5H3,(H,37,41)(H,36,38,39). The molecule has 5 rings (SSSR count). The van der Waals surface area contributed by atoms with E-state index in [1.54, 1.807) is 31.0 Å². The molecular weight excluding hydrogens is 678 g/mol. The summed E-state index contributed by atoms with van der Waals surface area (Å²) in [5, 5.41) is 12.4. The third kappa shape index (κ3) is 7.43. The van der Waals surface area contributed by atoms with Crippen LogP contribution in [0.25, 0.3) is 0 Å². The molecule has 0 aliphatic carbocycles. The van der Waals surface area contributed by atoms with E-state index in [4.69, 9.17) is 35.9 Å². The quantitative estimate of drug-likeness (QED) is 0.142. The van der Waals surface area contributed by atoms with Gasteiger partial charge in [-0.3, -0.25) is 4.79 Å². The molecule has 0 saturated heterocycles. The molecule has 0 spiro atoms. The molecule has 0 saturated carbocycles. The number of para-hydroxylation sites is 2. The Morgan fingerprint density at radius 3 is 2.58 bits per heavy atom. The number of thioether (sulfide) groups is 1. The van der Waals surface area contributed by atoms with E-state index in [1.165, 1.54) is 11.8 Å². The van der Waals surface area contributed by atoms with Gasteiger partial charge in [-0.25, -0.2) is 4.68 Å². The maximum Gasteiger partial charge on any atom is 0.255 e. The van der Waals surface area contributed by atoms with Crippen molar-refractivity contribution in [1.29, 1.82) is 0 Å². The Bertz CT molecular complexity index is 1730. The second-order valence-corrected chi connectivity index (χ2v) is 13.0. The summed E-state index contributed by atoms with van der Waals surface area (Å²) in [4.78, 5) is 18.9. The van der Waals surface area contributed by atoms with Crippen molar-refractivity contribution in [3.05, 3.63) is 92.6 Å². The van der Waals surface area contributed by atoms with Crippen LogP contribution in [-0.4, -0.2) is 41.5 Å². The van der Waals surface area contributed by atoms with Gasteiger partial charge in [-0.2, -0.15) is 4.98 Å². The lowest BCUT2D eigenvalue weighted by Crippen LogP contribution is -2.31. The fraction of sp³-hybridized carbons (Fsp3) is 0.303. The Balaban J connectivity index is 1.55. The average molecular weight is 713 g/mol. The maximum absolute atomic E-state index is 14.1. The van der Waals surface area contributed by atoms with Crippen molar-refractivity contribution in [3.8, 4) is 17.2 Å². The molecule has 236 valence electrons. The van der Waals surface area contributed by atoms with Crippen molar-refractivity contribution in [3.63, 3.8) is 0 Å². The van der Waals surface area contributed by atoms with Gasteiger partial charge < -0.3 is 24.8 Å². The van der Waals surface area contributed by atoms with E-state index in [0.29, 0.717) is 73.1 Å².